The third kappa shape index (κ3) is 3.61. The number of amides is 1. The van der Waals surface area contributed by atoms with Crippen LogP contribution in [0.5, 0.6) is 0 Å². The molecule has 0 fully saturated rings. The number of nitrogens with one attached hydrogen (secondary N) is 1. The molecular formula is C14H17N3OS. The minimum atomic E-state index is -0.0219. The van der Waals surface area contributed by atoms with Crippen molar-refractivity contribution in [3.05, 3.63) is 47.8 Å². The van der Waals surface area contributed by atoms with E-state index in [9.17, 15) is 4.79 Å². The van der Waals surface area contributed by atoms with E-state index in [0.29, 0.717) is 12.1 Å². The van der Waals surface area contributed by atoms with Gasteiger partial charge in [0.2, 0.25) is 0 Å². The monoisotopic (exact) mass is 275 g/mol. The summed E-state index contributed by atoms with van der Waals surface area (Å²) in [6.45, 7) is 2.56. The lowest BCUT2D eigenvalue weighted by atomic mass is 10.1. The van der Waals surface area contributed by atoms with Crippen molar-refractivity contribution in [2.75, 3.05) is 6.54 Å². The standard InChI is InChI=1S/C14H17N3OS/c1-3-15-13(18)12-6-4-5-11(9-12)10-19-14-16-7-8-17(14)2/h4-9H,3,10H2,1-2H3,(H,15,18). The smallest absolute Gasteiger partial charge is 0.251 e. The zero-order valence-electron chi connectivity index (χ0n) is 11.1. The van der Waals surface area contributed by atoms with E-state index in [4.69, 9.17) is 0 Å². The molecule has 1 N–H and O–H groups in total. The summed E-state index contributed by atoms with van der Waals surface area (Å²) in [6, 6.07) is 7.71. The van der Waals surface area contributed by atoms with Crippen molar-refractivity contribution in [1.82, 2.24) is 14.9 Å². The Balaban J connectivity index is 2.03. The first-order chi connectivity index (χ1) is 9.20. The van der Waals surface area contributed by atoms with Gasteiger partial charge in [-0.3, -0.25) is 4.79 Å². The number of hydrogen-bond donors (Lipinski definition) is 1. The van der Waals surface area contributed by atoms with Crippen molar-refractivity contribution in [3.8, 4) is 0 Å². The SMILES string of the molecule is CCNC(=O)c1cccc(CSc2nccn2C)c1. The second kappa shape index (κ2) is 6.43. The van der Waals surface area contributed by atoms with Gasteiger partial charge in [0.25, 0.3) is 5.91 Å². The zero-order valence-corrected chi connectivity index (χ0v) is 11.9. The van der Waals surface area contributed by atoms with Crippen LogP contribution in [-0.4, -0.2) is 22.0 Å². The number of imidazole rings is 1. The fraction of sp³-hybridized carbons (Fsp3) is 0.286. The third-order valence-corrected chi connectivity index (χ3v) is 3.80. The van der Waals surface area contributed by atoms with Gasteiger partial charge in [0, 0.05) is 37.3 Å². The van der Waals surface area contributed by atoms with Crippen molar-refractivity contribution in [2.24, 2.45) is 7.05 Å². The Morgan fingerprint density at radius 1 is 1.47 bits per heavy atom. The average molecular weight is 275 g/mol. The van der Waals surface area contributed by atoms with Gasteiger partial charge in [-0.05, 0) is 24.6 Å². The van der Waals surface area contributed by atoms with Crippen LogP contribution in [0.25, 0.3) is 0 Å². The van der Waals surface area contributed by atoms with Gasteiger partial charge in [-0.15, -0.1) is 0 Å². The Morgan fingerprint density at radius 3 is 3.00 bits per heavy atom. The molecule has 0 aliphatic heterocycles. The lowest BCUT2D eigenvalue weighted by Crippen LogP contribution is -2.22. The third-order valence-electron chi connectivity index (χ3n) is 2.67. The maximum atomic E-state index is 11.7. The van der Waals surface area contributed by atoms with E-state index in [-0.39, 0.29) is 5.91 Å². The maximum Gasteiger partial charge on any atom is 0.251 e. The molecule has 2 aromatic rings. The van der Waals surface area contributed by atoms with Crippen LogP contribution in [0.3, 0.4) is 0 Å². The number of carbonyl (C=O) groups excluding carboxylic acids is 1. The topological polar surface area (TPSA) is 46.9 Å². The Bertz CT molecular complexity index is 565. The number of aromatic nitrogens is 2. The minimum Gasteiger partial charge on any atom is -0.352 e. The second-order valence-corrected chi connectivity index (χ2v) is 5.11. The quantitative estimate of drug-likeness (QED) is 0.853. The molecule has 19 heavy (non-hydrogen) atoms. The van der Waals surface area contributed by atoms with Gasteiger partial charge in [0.1, 0.15) is 0 Å². The molecule has 1 aromatic carbocycles. The molecule has 0 aliphatic carbocycles. The molecule has 0 saturated heterocycles. The second-order valence-electron chi connectivity index (χ2n) is 4.17. The lowest BCUT2D eigenvalue weighted by molar-refractivity contribution is 0.0955. The zero-order chi connectivity index (χ0) is 13.7. The summed E-state index contributed by atoms with van der Waals surface area (Å²) >= 11 is 1.66. The number of aryl methyl sites for hydroxylation is 1. The van der Waals surface area contributed by atoms with Crippen LogP contribution in [0.1, 0.15) is 22.8 Å². The normalized spacial score (nSPS) is 10.4. The van der Waals surface area contributed by atoms with Crippen LogP contribution in [0.15, 0.2) is 41.8 Å². The number of rotatable bonds is 5. The molecule has 0 bridgehead atoms. The summed E-state index contributed by atoms with van der Waals surface area (Å²) in [5.41, 5.74) is 1.83. The fourth-order valence-corrected chi connectivity index (χ4v) is 2.58. The first-order valence-electron chi connectivity index (χ1n) is 6.18. The molecule has 0 radical (unpaired) electrons. The van der Waals surface area contributed by atoms with Crippen molar-refractivity contribution in [2.45, 2.75) is 17.8 Å². The molecule has 1 heterocycles. The highest BCUT2D eigenvalue weighted by atomic mass is 32.2. The van der Waals surface area contributed by atoms with Crippen molar-refractivity contribution in [3.63, 3.8) is 0 Å². The van der Waals surface area contributed by atoms with Gasteiger partial charge in [-0.25, -0.2) is 4.98 Å². The van der Waals surface area contributed by atoms with Gasteiger partial charge in [0.15, 0.2) is 5.16 Å². The number of hydrogen-bond acceptors (Lipinski definition) is 3. The fourth-order valence-electron chi connectivity index (χ4n) is 1.70. The minimum absolute atomic E-state index is 0.0219. The van der Waals surface area contributed by atoms with E-state index in [1.165, 1.54) is 0 Å². The summed E-state index contributed by atoms with van der Waals surface area (Å²) in [5.74, 6) is 0.782. The highest BCUT2D eigenvalue weighted by Crippen LogP contribution is 2.20. The predicted octanol–water partition coefficient (Wildman–Crippen LogP) is 2.46. The first-order valence-corrected chi connectivity index (χ1v) is 7.16. The van der Waals surface area contributed by atoms with Gasteiger partial charge >= 0.3 is 0 Å². The van der Waals surface area contributed by atoms with Crippen LogP contribution < -0.4 is 5.32 Å². The summed E-state index contributed by atoms with van der Waals surface area (Å²) in [7, 11) is 1.97. The molecule has 0 spiro atoms. The summed E-state index contributed by atoms with van der Waals surface area (Å²) in [4.78, 5) is 16.0. The molecule has 0 atom stereocenters. The van der Waals surface area contributed by atoms with Crippen LogP contribution >= 0.6 is 11.8 Å². The molecule has 100 valence electrons. The Morgan fingerprint density at radius 2 is 2.32 bits per heavy atom. The van der Waals surface area contributed by atoms with Gasteiger partial charge < -0.3 is 9.88 Å². The molecule has 0 aliphatic rings. The lowest BCUT2D eigenvalue weighted by Gasteiger charge is -2.05. The molecule has 0 unspecified atom stereocenters. The summed E-state index contributed by atoms with van der Waals surface area (Å²) in [6.07, 6.45) is 3.71. The van der Waals surface area contributed by atoms with E-state index in [0.717, 1.165) is 16.5 Å². The Hall–Kier alpha value is -1.75. The van der Waals surface area contributed by atoms with Gasteiger partial charge in [0.05, 0.1) is 0 Å². The highest BCUT2D eigenvalue weighted by Gasteiger charge is 2.06. The van der Waals surface area contributed by atoms with Gasteiger partial charge in [-0.2, -0.15) is 0 Å². The van der Waals surface area contributed by atoms with Crippen LogP contribution in [0.4, 0.5) is 0 Å². The largest absolute Gasteiger partial charge is 0.352 e. The van der Waals surface area contributed by atoms with Crippen molar-refractivity contribution in [1.29, 1.82) is 0 Å². The summed E-state index contributed by atoms with van der Waals surface area (Å²) in [5, 5.41) is 3.78. The Kier molecular flexibility index (Phi) is 4.63. The molecule has 0 saturated carbocycles. The number of nitrogens with zero attached hydrogens (tertiary/aromatic N) is 2. The highest BCUT2D eigenvalue weighted by molar-refractivity contribution is 7.98. The van der Waals surface area contributed by atoms with E-state index in [1.54, 1.807) is 18.0 Å². The van der Waals surface area contributed by atoms with E-state index < -0.39 is 0 Å². The first kappa shape index (κ1) is 13.7. The van der Waals surface area contributed by atoms with Crippen LogP contribution in [-0.2, 0) is 12.8 Å². The number of benzene rings is 1. The summed E-state index contributed by atoms with van der Waals surface area (Å²) < 4.78 is 1.98. The molecule has 1 amide bonds. The van der Waals surface area contributed by atoms with Crippen molar-refractivity contribution < 1.29 is 4.79 Å². The molecular weight excluding hydrogens is 258 g/mol. The molecule has 4 nitrogen and oxygen atoms in total. The predicted molar refractivity (Wildman–Crippen MR) is 77.2 cm³/mol. The van der Waals surface area contributed by atoms with E-state index in [2.05, 4.69) is 10.3 Å². The van der Waals surface area contributed by atoms with E-state index >= 15 is 0 Å². The molecule has 1 aromatic heterocycles. The number of thioether (sulfide) groups is 1. The van der Waals surface area contributed by atoms with Crippen LogP contribution in [0, 0.1) is 0 Å². The number of carbonyl (C=O) groups is 1. The molecule has 2 rings (SSSR count). The average Bonchev–Trinajstić information content (AvgIpc) is 2.82. The molecule has 5 heteroatoms. The Labute approximate surface area is 117 Å². The van der Waals surface area contributed by atoms with E-state index in [1.807, 2.05) is 49.0 Å². The maximum absolute atomic E-state index is 11.7. The van der Waals surface area contributed by atoms with Crippen molar-refractivity contribution >= 4 is 17.7 Å². The van der Waals surface area contributed by atoms with Crippen LogP contribution in [0.2, 0.25) is 0 Å². The van der Waals surface area contributed by atoms with Gasteiger partial charge in [-0.1, -0.05) is 23.9 Å².